The maximum Gasteiger partial charge on any atom is 0.128 e. The van der Waals surface area contributed by atoms with Gasteiger partial charge in [0.1, 0.15) is 5.75 Å². The Labute approximate surface area is 117 Å². The Kier molecular flexibility index (Phi) is 5.16. The van der Waals surface area contributed by atoms with Crippen LogP contribution in [0.15, 0.2) is 17.1 Å². The molecule has 19 heavy (non-hydrogen) atoms. The first-order chi connectivity index (χ1) is 8.71. The van der Waals surface area contributed by atoms with Crippen molar-refractivity contribution in [3.63, 3.8) is 0 Å². The quantitative estimate of drug-likeness (QED) is 0.797. The van der Waals surface area contributed by atoms with E-state index in [1.54, 1.807) is 6.21 Å². The van der Waals surface area contributed by atoms with Gasteiger partial charge in [-0.25, -0.2) is 0 Å². The molecule has 0 aromatic heterocycles. The molecule has 0 atom stereocenters. The Morgan fingerprint density at radius 3 is 2.42 bits per heavy atom. The van der Waals surface area contributed by atoms with Gasteiger partial charge in [-0.3, -0.25) is 4.99 Å². The average Bonchev–Trinajstić information content (AvgIpc) is 2.26. The number of hydrogen-bond acceptors (Lipinski definition) is 2. The lowest BCUT2D eigenvalue weighted by atomic mass is 9.84. The maximum atomic E-state index is 10.4. The van der Waals surface area contributed by atoms with Gasteiger partial charge in [0.05, 0.1) is 0 Å². The molecular formula is C17H27NO. The monoisotopic (exact) mass is 261 g/mol. The van der Waals surface area contributed by atoms with Crippen LogP contribution >= 0.6 is 0 Å². The molecule has 0 saturated carbocycles. The molecule has 106 valence electrons. The molecule has 0 radical (unpaired) electrons. The predicted molar refractivity (Wildman–Crippen MR) is 83.5 cm³/mol. The van der Waals surface area contributed by atoms with Crippen LogP contribution in [-0.4, -0.2) is 17.9 Å². The summed E-state index contributed by atoms with van der Waals surface area (Å²) in [6.07, 6.45) is 2.88. The Hall–Kier alpha value is -1.31. The van der Waals surface area contributed by atoms with Gasteiger partial charge in [-0.05, 0) is 36.3 Å². The Bertz CT molecular complexity index is 453. The highest BCUT2D eigenvalue weighted by Gasteiger charge is 2.20. The van der Waals surface area contributed by atoms with Crippen LogP contribution < -0.4 is 0 Å². The molecule has 0 bridgehead atoms. The summed E-state index contributed by atoms with van der Waals surface area (Å²) >= 11 is 0. The first-order valence-electron chi connectivity index (χ1n) is 7.05. The molecule has 1 aromatic rings. The van der Waals surface area contributed by atoms with Crippen molar-refractivity contribution < 1.29 is 5.11 Å². The number of aryl methyl sites for hydroxylation is 1. The zero-order valence-electron chi connectivity index (χ0n) is 13.1. The third-order valence-corrected chi connectivity index (χ3v) is 3.16. The molecule has 0 aliphatic rings. The third kappa shape index (κ3) is 4.70. The van der Waals surface area contributed by atoms with E-state index in [0.717, 1.165) is 29.7 Å². The zero-order chi connectivity index (χ0) is 14.6. The van der Waals surface area contributed by atoms with Crippen molar-refractivity contribution >= 4 is 6.21 Å². The fraction of sp³-hybridized carbons (Fsp3) is 0.588. The summed E-state index contributed by atoms with van der Waals surface area (Å²) in [7, 11) is 0. The first kappa shape index (κ1) is 15.7. The van der Waals surface area contributed by atoms with E-state index >= 15 is 0 Å². The molecule has 2 nitrogen and oxygen atoms in total. The highest BCUT2D eigenvalue weighted by molar-refractivity contribution is 5.84. The second-order valence-electron chi connectivity index (χ2n) is 6.72. The number of hydrogen-bond donors (Lipinski definition) is 1. The molecule has 1 aromatic carbocycles. The zero-order valence-corrected chi connectivity index (χ0v) is 13.1. The van der Waals surface area contributed by atoms with Crippen LogP contribution in [0, 0.1) is 12.8 Å². The van der Waals surface area contributed by atoms with Crippen molar-refractivity contribution in [1.82, 2.24) is 0 Å². The minimum atomic E-state index is -0.0589. The van der Waals surface area contributed by atoms with Gasteiger partial charge in [-0.15, -0.1) is 0 Å². The van der Waals surface area contributed by atoms with E-state index < -0.39 is 0 Å². The molecule has 0 fully saturated rings. The van der Waals surface area contributed by atoms with Gasteiger partial charge in [0.15, 0.2) is 0 Å². The van der Waals surface area contributed by atoms with E-state index in [4.69, 9.17) is 0 Å². The Morgan fingerprint density at radius 2 is 1.89 bits per heavy atom. The number of phenols is 1. The number of rotatable bonds is 4. The lowest BCUT2D eigenvalue weighted by molar-refractivity contribution is 0.445. The Morgan fingerprint density at radius 1 is 1.26 bits per heavy atom. The van der Waals surface area contributed by atoms with E-state index in [0.29, 0.717) is 11.7 Å². The maximum absolute atomic E-state index is 10.4. The lowest BCUT2D eigenvalue weighted by Gasteiger charge is -2.22. The average molecular weight is 261 g/mol. The van der Waals surface area contributed by atoms with E-state index in [2.05, 4.69) is 52.6 Å². The molecule has 0 aliphatic carbocycles. The summed E-state index contributed by atoms with van der Waals surface area (Å²) in [5, 5.41) is 10.4. The number of aromatic hydroxyl groups is 1. The van der Waals surface area contributed by atoms with Crippen molar-refractivity contribution in [2.75, 3.05) is 6.54 Å². The minimum Gasteiger partial charge on any atom is -0.507 e. The molecule has 1 rings (SSSR count). The molecule has 0 unspecified atom stereocenters. The van der Waals surface area contributed by atoms with Crippen LogP contribution in [0.3, 0.4) is 0 Å². The van der Waals surface area contributed by atoms with Crippen molar-refractivity contribution in [2.45, 2.75) is 53.4 Å². The summed E-state index contributed by atoms with van der Waals surface area (Å²) < 4.78 is 0. The number of aliphatic imine (C=N–C) groups is 1. The number of benzene rings is 1. The topological polar surface area (TPSA) is 32.6 Å². The number of phenolic OH excluding ortho intramolecular Hbond substituents is 1. The van der Waals surface area contributed by atoms with Crippen LogP contribution in [0.2, 0.25) is 0 Å². The van der Waals surface area contributed by atoms with Gasteiger partial charge < -0.3 is 5.11 Å². The van der Waals surface area contributed by atoms with E-state index in [1.807, 2.05) is 6.07 Å². The number of nitrogens with zero attached hydrogens (tertiary/aromatic N) is 1. The fourth-order valence-electron chi connectivity index (χ4n) is 1.97. The van der Waals surface area contributed by atoms with Gasteiger partial charge in [0.25, 0.3) is 0 Å². The molecule has 0 spiro atoms. The van der Waals surface area contributed by atoms with E-state index in [9.17, 15) is 5.11 Å². The van der Waals surface area contributed by atoms with E-state index in [1.165, 1.54) is 0 Å². The van der Waals surface area contributed by atoms with Gasteiger partial charge in [0.2, 0.25) is 0 Å². The molecule has 2 heteroatoms. The second-order valence-corrected chi connectivity index (χ2v) is 6.72. The van der Waals surface area contributed by atoms with E-state index in [-0.39, 0.29) is 5.41 Å². The highest BCUT2D eigenvalue weighted by Crippen LogP contribution is 2.33. The standard InChI is InChI=1S/C17H27NO/c1-12(2)7-8-18-11-14-9-13(3)10-15(16(14)19)17(4,5)6/h9-12,19H,7-8H2,1-6H3. The molecule has 0 amide bonds. The van der Waals surface area contributed by atoms with Crippen LogP contribution in [0.1, 0.15) is 57.7 Å². The van der Waals surface area contributed by atoms with Crippen molar-refractivity contribution in [2.24, 2.45) is 10.9 Å². The SMILES string of the molecule is Cc1cc(C=NCCC(C)C)c(O)c(C(C)(C)C)c1. The molecular weight excluding hydrogens is 234 g/mol. The largest absolute Gasteiger partial charge is 0.507 e. The van der Waals surface area contributed by atoms with Gasteiger partial charge >= 0.3 is 0 Å². The van der Waals surface area contributed by atoms with Crippen molar-refractivity contribution in [1.29, 1.82) is 0 Å². The van der Waals surface area contributed by atoms with Crippen LogP contribution in [0.25, 0.3) is 0 Å². The van der Waals surface area contributed by atoms with Gasteiger partial charge in [-0.1, -0.05) is 40.7 Å². The van der Waals surface area contributed by atoms with Crippen molar-refractivity contribution in [3.05, 3.63) is 28.8 Å². The summed E-state index contributed by atoms with van der Waals surface area (Å²) in [5.41, 5.74) is 2.91. The van der Waals surface area contributed by atoms with Gasteiger partial charge in [0, 0.05) is 23.9 Å². The lowest BCUT2D eigenvalue weighted by Crippen LogP contribution is -2.12. The fourth-order valence-corrected chi connectivity index (χ4v) is 1.97. The summed E-state index contributed by atoms with van der Waals surface area (Å²) in [6, 6.07) is 4.05. The summed E-state index contributed by atoms with van der Waals surface area (Å²) in [4.78, 5) is 4.42. The third-order valence-electron chi connectivity index (χ3n) is 3.16. The van der Waals surface area contributed by atoms with Crippen LogP contribution in [0.4, 0.5) is 0 Å². The van der Waals surface area contributed by atoms with Crippen molar-refractivity contribution in [3.8, 4) is 5.75 Å². The van der Waals surface area contributed by atoms with Crippen LogP contribution in [-0.2, 0) is 5.41 Å². The normalized spacial score (nSPS) is 12.6. The summed E-state index contributed by atoms with van der Waals surface area (Å²) in [5.74, 6) is 1.03. The predicted octanol–water partition coefficient (Wildman–Crippen LogP) is 4.46. The first-order valence-corrected chi connectivity index (χ1v) is 7.05. The second kappa shape index (κ2) is 6.23. The van der Waals surface area contributed by atoms with Crippen LogP contribution in [0.5, 0.6) is 5.75 Å². The summed E-state index contributed by atoms with van der Waals surface area (Å²) in [6.45, 7) is 13.6. The Balaban J connectivity index is 2.99. The highest BCUT2D eigenvalue weighted by atomic mass is 16.3. The molecule has 1 N–H and O–H groups in total. The van der Waals surface area contributed by atoms with Gasteiger partial charge in [-0.2, -0.15) is 0 Å². The minimum absolute atomic E-state index is 0.0589. The smallest absolute Gasteiger partial charge is 0.128 e. The molecule has 0 heterocycles. The molecule has 0 saturated heterocycles. The molecule has 0 aliphatic heterocycles.